The summed E-state index contributed by atoms with van der Waals surface area (Å²) in [5.41, 5.74) is 1.58. The normalized spacial score (nSPS) is 16.6. The van der Waals surface area contributed by atoms with Gasteiger partial charge in [-0.05, 0) is 15.9 Å². The number of halogens is 1. The second-order valence-corrected chi connectivity index (χ2v) is 5.79. The van der Waals surface area contributed by atoms with Gasteiger partial charge in [-0.3, -0.25) is 0 Å². The number of anilines is 1. The van der Waals surface area contributed by atoms with Crippen molar-refractivity contribution in [1.29, 1.82) is 0 Å². The van der Waals surface area contributed by atoms with E-state index >= 15 is 0 Å². The fourth-order valence-corrected chi connectivity index (χ4v) is 3.02. The topological polar surface area (TPSA) is 57.7 Å². The van der Waals surface area contributed by atoms with Crippen LogP contribution in [0.2, 0.25) is 0 Å². The Morgan fingerprint density at radius 2 is 2.31 bits per heavy atom. The van der Waals surface area contributed by atoms with Crippen LogP contribution in [0.1, 0.15) is 0 Å². The molecule has 0 atom stereocenters. The molecule has 1 aliphatic heterocycles. The Bertz CT molecular complexity index is 552. The molecule has 0 aliphatic carbocycles. The summed E-state index contributed by atoms with van der Waals surface area (Å²) in [5.74, 6) is 1.91. The van der Waals surface area contributed by atoms with Gasteiger partial charge in [-0.25, -0.2) is 15.0 Å². The summed E-state index contributed by atoms with van der Waals surface area (Å²) < 4.78 is 1.12. The molecule has 0 bridgehead atoms. The van der Waals surface area contributed by atoms with E-state index in [1.807, 2.05) is 6.20 Å². The number of aromatic nitrogens is 4. The SMILES string of the molecule is BrC1=CN(c2ncnc3nc[nH]c23)CCS1. The zero-order valence-electron chi connectivity index (χ0n) is 8.22. The Labute approximate surface area is 104 Å². The Hall–Kier alpha value is -1.08. The highest BCUT2D eigenvalue weighted by atomic mass is 79.9. The molecule has 1 N–H and O–H groups in total. The lowest BCUT2D eigenvalue weighted by atomic mass is 10.4. The number of fused-ring (bicyclic) bond motifs is 1. The van der Waals surface area contributed by atoms with Crippen molar-refractivity contribution in [1.82, 2.24) is 19.9 Å². The van der Waals surface area contributed by atoms with Crippen molar-refractivity contribution < 1.29 is 0 Å². The Morgan fingerprint density at radius 1 is 1.38 bits per heavy atom. The second kappa shape index (κ2) is 4.06. The molecule has 82 valence electrons. The second-order valence-electron chi connectivity index (χ2n) is 3.27. The molecule has 7 heteroatoms. The van der Waals surface area contributed by atoms with Crippen LogP contribution < -0.4 is 4.90 Å². The van der Waals surface area contributed by atoms with Gasteiger partial charge in [0.15, 0.2) is 11.5 Å². The maximum atomic E-state index is 4.31. The molecule has 0 saturated carbocycles. The van der Waals surface area contributed by atoms with Gasteiger partial charge >= 0.3 is 0 Å². The van der Waals surface area contributed by atoms with Crippen LogP contribution in [0.5, 0.6) is 0 Å². The number of imidazole rings is 1. The summed E-state index contributed by atoms with van der Waals surface area (Å²) in [6, 6.07) is 0. The van der Waals surface area contributed by atoms with Gasteiger partial charge in [0.25, 0.3) is 0 Å². The van der Waals surface area contributed by atoms with Crippen molar-refractivity contribution >= 4 is 44.7 Å². The third kappa shape index (κ3) is 1.69. The highest BCUT2D eigenvalue weighted by Crippen LogP contribution is 2.30. The van der Waals surface area contributed by atoms with Gasteiger partial charge < -0.3 is 9.88 Å². The molecule has 5 nitrogen and oxygen atoms in total. The average molecular weight is 298 g/mol. The summed E-state index contributed by atoms with van der Waals surface area (Å²) in [6.07, 6.45) is 5.22. The molecule has 2 aromatic rings. The molecule has 3 rings (SSSR count). The van der Waals surface area contributed by atoms with E-state index in [0.717, 1.165) is 27.4 Å². The number of aromatic amines is 1. The lowest BCUT2D eigenvalue weighted by molar-refractivity contribution is 0.982. The van der Waals surface area contributed by atoms with Crippen LogP contribution in [-0.4, -0.2) is 32.2 Å². The fourth-order valence-electron chi connectivity index (χ4n) is 1.60. The third-order valence-electron chi connectivity index (χ3n) is 2.30. The van der Waals surface area contributed by atoms with Crippen molar-refractivity contribution in [2.75, 3.05) is 17.2 Å². The quantitative estimate of drug-likeness (QED) is 0.873. The number of H-pyrrole nitrogens is 1. The molecule has 1 aliphatic rings. The fraction of sp³-hybridized carbons (Fsp3) is 0.222. The van der Waals surface area contributed by atoms with Crippen LogP contribution in [0.4, 0.5) is 5.82 Å². The number of hydrogen-bond donors (Lipinski definition) is 1. The summed E-state index contributed by atoms with van der Waals surface area (Å²) in [7, 11) is 0. The minimum atomic E-state index is 0.702. The molecule has 3 heterocycles. The minimum Gasteiger partial charge on any atom is -0.340 e. The highest BCUT2D eigenvalue weighted by molar-refractivity contribution is 9.14. The van der Waals surface area contributed by atoms with Crippen molar-refractivity contribution in [2.45, 2.75) is 0 Å². The summed E-state index contributed by atoms with van der Waals surface area (Å²) in [5, 5.41) is 0. The summed E-state index contributed by atoms with van der Waals surface area (Å²) >= 11 is 5.28. The Morgan fingerprint density at radius 3 is 3.19 bits per heavy atom. The van der Waals surface area contributed by atoms with Crippen molar-refractivity contribution in [3.05, 3.63) is 22.7 Å². The minimum absolute atomic E-state index is 0.702. The molecular formula is C9H8BrN5S. The molecule has 0 radical (unpaired) electrons. The van der Waals surface area contributed by atoms with E-state index < -0.39 is 0 Å². The van der Waals surface area contributed by atoms with E-state index in [1.54, 1.807) is 24.4 Å². The molecular weight excluding hydrogens is 290 g/mol. The zero-order chi connectivity index (χ0) is 11.0. The van der Waals surface area contributed by atoms with Gasteiger partial charge in [0, 0.05) is 18.5 Å². The average Bonchev–Trinajstić information content (AvgIpc) is 2.76. The first kappa shape index (κ1) is 10.1. The lowest BCUT2D eigenvalue weighted by Crippen LogP contribution is -2.23. The molecule has 0 amide bonds. The predicted octanol–water partition coefficient (Wildman–Crippen LogP) is 2.10. The van der Waals surface area contributed by atoms with Gasteiger partial charge in [0.1, 0.15) is 11.8 Å². The Kier molecular flexibility index (Phi) is 2.56. The van der Waals surface area contributed by atoms with E-state index in [2.05, 4.69) is 40.8 Å². The van der Waals surface area contributed by atoms with Gasteiger partial charge in [-0.2, -0.15) is 0 Å². The lowest BCUT2D eigenvalue weighted by Gasteiger charge is -2.23. The van der Waals surface area contributed by atoms with Gasteiger partial charge in [0.2, 0.25) is 0 Å². The maximum Gasteiger partial charge on any atom is 0.182 e. The number of hydrogen-bond acceptors (Lipinski definition) is 5. The number of rotatable bonds is 1. The first-order chi connectivity index (χ1) is 7.84. The van der Waals surface area contributed by atoms with Gasteiger partial charge in [-0.1, -0.05) is 0 Å². The Balaban J connectivity index is 2.11. The van der Waals surface area contributed by atoms with Gasteiger partial charge in [0.05, 0.1) is 10.1 Å². The number of thioether (sulfide) groups is 1. The zero-order valence-corrected chi connectivity index (χ0v) is 10.6. The van der Waals surface area contributed by atoms with E-state index in [9.17, 15) is 0 Å². The summed E-state index contributed by atoms with van der Waals surface area (Å²) in [6.45, 7) is 0.935. The van der Waals surface area contributed by atoms with Gasteiger partial charge in [-0.15, -0.1) is 11.8 Å². The predicted molar refractivity (Wildman–Crippen MR) is 68.5 cm³/mol. The standard InChI is InChI=1S/C9H8BrN5S/c10-6-3-15(1-2-16-6)9-7-8(12-4-11-7)13-5-14-9/h3-5H,1-2H2,(H,11,12,13,14). The summed E-state index contributed by atoms with van der Waals surface area (Å²) in [4.78, 5) is 17.7. The monoisotopic (exact) mass is 297 g/mol. The van der Waals surface area contributed by atoms with Crippen molar-refractivity contribution in [2.24, 2.45) is 0 Å². The van der Waals surface area contributed by atoms with Crippen LogP contribution in [0.15, 0.2) is 22.7 Å². The van der Waals surface area contributed by atoms with Crippen LogP contribution in [-0.2, 0) is 0 Å². The molecule has 0 unspecified atom stereocenters. The first-order valence-corrected chi connectivity index (χ1v) is 6.53. The number of nitrogens with one attached hydrogen (secondary N) is 1. The van der Waals surface area contributed by atoms with Crippen LogP contribution >= 0.6 is 27.7 Å². The van der Waals surface area contributed by atoms with Crippen molar-refractivity contribution in [3.8, 4) is 0 Å². The van der Waals surface area contributed by atoms with E-state index in [4.69, 9.17) is 0 Å². The third-order valence-corrected chi connectivity index (χ3v) is 3.96. The molecule has 0 saturated heterocycles. The van der Waals surface area contributed by atoms with E-state index in [-0.39, 0.29) is 0 Å². The van der Waals surface area contributed by atoms with E-state index in [1.165, 1.54) is 0 Å². The first-order valence-electron chi connectivity index (χ1n) is 4.75. The molecule has 2 aromatic heterocycles. The van der Waals surface area contributed by atoms with Crippen LogP contribution in [0.25, 0.3) is 11.2 Å². The molecule has 0 aromatic carbocycles. The highest BCUT2D eigenvalue weighted by Gasteiger charge is 2.15. The number of nitrogens with zero attached hydrogens (tertiary/aromatic N) is 4. The van der Waals surface area contributed by atoms with Crippen LogP contribution in [0, 0.1) is 0 Å². The molecule has 0 fully saturated rings. The maximum absolute atomic E-state index is 4.31. The largest absolute Gasteiger partial charge is 0.340 e. The molecule has 0 spiro atoms. The van der Waals surface area contributed by atoms with Crippen molar-refractivity contribution in [3.63, 3.8) is 0 Å². The van der Waals surface area contributed by atoms with E-state index in [0.29, 0.717) is 5.65 Å². The van der Waals surface area contributed by atoms with Crippen LogP contribution in [0.3, 0.4) is 0 Å². The smallest absolute Gasteiger partial charge is 0.182 e. The molecule has 16 heavy (non-hydrogen) atoms.